The van der Waals surface area contributed by atoms with Crippen molar-refractivity contribution in [2.75, 3.05) is 0 Å². The van der Waals surface area contributed by atoms with Crippen LogP contribution in [0.25, 0.3) is 66.1 Å². The average Bonchev–Trinajstić information content (AvgIpc) is 3.48. The van der Waals surface area contributed by atoms with Crippen LogP contribution in [0.4, 0.5) is 0 Å². The van der Waals surface area contributed by atoms with Gasteiger partial charge in [0.15, 0.2) is 0 Å². The van der Waals surface area contributed by atoms with E-state index < -0.39 is 0 Å². The van der Waals surface area contributed by atoms with Gasteiger partial charge in [0, 0.05) is 32.7 Å². The molecule has 0 radical (unpaired) electrons. The van der Waals surface area contributed by atoms with E-state index in [1.54, 1.807) is 0 Å². The van der Waals surface area contributed by atoms with Crippen molar-refractivity contribution in [1.29, 1.82) is 0 Å². The topological polar surface area (TPSA) is 22.4 Å². The number of benzene rings is 7. The molecular formula is C43H30O2. The summed E-state index contributed by atoms with van der Waals surface area (Å²) < 4.78 is 12.8. The molecule has 2 nitrogen and oxygen atoms in total. The third-order valence-corrected chi connectivity index (χ3v) is 9.55. The molecule has 0 fully saturated rings. The number of ether oxygens (including phenoxy) is 1. The largest absolute Gasteiger partial charge is 0.457 e. The molecule has 0 aliphatic carbocycles. The molecule has 0 N–H and O–H groups in total. The van der Waals surface area contributed by atoms with E-state index in [0.717, 1.165) is 44.4 Å². The maximum Gasteiger partial charge on any atom is 0.143 e. The van der Waals surface area contributed by atoms with Crippen LogP contribution < -0.4 is 4.74 Å². The van der Waals surface area contributed by atoms with E-state index in [-0.39, 0.29) is 5.41 Å². The zero-order valence-electron chi connectivity index (χ0n) is 25.2. The van der Waals surface area contributed by atoms with E-state index in [2.05, 4.69) is 153 Å². The second kappa shape index (κ2) is 9.70. The van der Waals surface area contributed by atoms with Crippen molar-refractivity contribution >= 4 is 32.7 Å². The minimum Gasteiger partial charge on any atom is -0.457 e. The van der Waals surface area contributed by atoms with Crippen LogP contribution in [0.3, 0.4) is 0 Å². The normalized spacial score (nSPS) is 13.5. The molecule has 7 aromatic carbocycles. The molecule has 0 atom stereocenters. The monoisotopic (exact) mass is 578 g/mol. The molecule has 2 heterocycles. The Balaban J connectivity index is 1.07. The molecule has 0 bridgehead atoms. The van der Waals surface area contributed by atoms with Crippen LogP contribution in [-0.4, -0.2) is 0 Å². The number of rotatable bonds is 3. The molecule has 1 aromatic heterocycles. The smallest absolute Gasteiger partial charge is 0.143 e. The van der Waals surface area contributed by atoms with Gasteiger partial charge in [-0.2, -0.15) is 0 Å². The highest BCUT2D eigenvalue weighted by molar-refractivity contribution is 6.19. The minimum absolute atomic E-state index is 0.118. The van der Waals surface area contributed by atoms with Gasteiger partial charge in [-0.3, -0.25) is 0 Å². The predicted octanol–water partition coefficient (Wildman–Crippen LogP) is 12.2. The Morgan fingerprint density at radius 2 is 1.16 bits per heavy atom. The summed E-state index contributed by atoms with van der Waals surface area (Å²) in [6, 6.07) is 51.8. The van der Waals surface area contributed by atoms with Crippen LogP contribution in [0, 0.1) is 0 Å². The molecule has 0 saturated carbocycles. The van der Waals surface area contributed by atoms with Gasteiger partial charge in [-0.15, -0.1) is 0 Å². The van der Waals surface area contributed by atoms with Crippen LogP contribution in [0.5, 0.6) is 11.5 Å². The second-order valence-corrected chi connectivity index (χ2v) is 12.5. The van der Waals surface area contributed by atoms with Crippen LogP contribution in [0.15, 0.2) is 150 Å². The average molecular weight is 579 g/mol. The third kappa shape index (κ3) is 4.03. The standard InChI is InChI=1S/C43H30O2/c1-43(2)36-14-5-6-15-38(36)44-40-26-32(22-24-37(40)43)31-11-7-10-30(25-31)27-17-19-29(20-18-27)33-13-8-16-39-41(33)35-23-21-28-9-3-4-12-34(28)42(35)45-39/h3-26H,1-2H3. The number of hydrogen-bond acceptors (Lipinski definition) is 2. The summed E-state index contributed by atoms with van der Waals surface area (Å²) in [5.41, 5.74) is 11.2. The Labute approximate surface area is 262 Å². The van der Waals surface area contributed by atoms with E-state index in [1.807, 2.05) is 6.07 Å². The first-order chi connectivity index (χ1) is 22.0. The van der Waals surface area contributed by atoms with Gasteiger partial charge in [-0.05, 0) is 69.1 Å². The lowest BCUT2D eigenvalue weighted by Gasteiger charge is -2.34. The maximum absolute atomic E-state index is 6.43. The van der Waals surface area contributed by atoms with Crippen molar-refractivity contribution in [1.82, 2.24) is 0 Å². The number of hydrogen-bond donors (Lipinski definition) is 0. The maximum atomic E-state index is 6.43. The molecule has 9 rings (SSSR count). The first-order valence-electron chi connectivity index (χ1n) is 15.5. The van der Waals surface area contributed by atoms with E-state index in [9.17, 15) is 0 Å². The van der Waals surface area contributed by atoms with Gasteiger partial charge in [0.2, 0.25) is 0 Å². The summed E-state index contributed by atoms with van der Waals surface area (Å²) in [7, 11) is 0. The fraction of sp³-hybridized carbons (Fsp3) is 0.0698. The summed E-state index contributed by atoms with van der Waals surface area (Å²) in [5.74, 6) is 1.87. The fourth-order valence-electron chi connectivity index (χ4n) is 7.15. The zero-order chi connectivity index (χ0) is 30.1. The molecule has 1 aliphatic heterocycles. The lowest BCUT2D eigenvalue weighted by atomic mass is 9.75. The van der Waals surface area contributed by atoms with E-state index in [1.165, 1.54) is 44.3 Å². The first kappa shape index (κ1) is 25.9. The molecule has 0 amide bonds. The van der Waals surface area contributed by atoms with Gasteiger partial charge in [-0.25, -0.2) is 0 Å². The fourth-order valence-corrected chi connectivity index (χ4v) is 7.15. The lowest BCUT2D eigenvalue weighted by molar-refractivity contribution is 0.418. The van der Waals surface area contributed by atoms with Crippen molar-refractivity contribution in [3.63, 3.8) is 0 Å². The summed E-state index contributed by atoms with van der Waals surface area (Å²) in [5, 5.41) is 4.64. The predicted molar refractivity (Wildman–Crippen MR) is 186 cm³/mol. The molecular weight excluding hydrogens is 548 g/mol. The minimum atomic E-state index is -0.118. The summed E-state index contributed by atoms with van der Waals surface area (Å²) in [4.78, 5) is 0. The highest BCUT2D eigenvalue weighted by Gasteiger charge is 2.34. The summed E-state index contributed by atoms with van der Waals surface area (Å²) >= 11 is 0. The van der Waals surface area contributed by atoms with Gasteiger partial charge in [0.25, 0.3) is 0 Å². The molecule has 0 unspecified atom stereocenters. The van der Waals surface area contributed by atoms with E-state index in [4.69, 9.17) is 9.15 Å². The summed E-state index contributed by atoms with van der Waals surface area (Å²) in [6.07, 6.45) is 0. The van der Waals surface area contributed by atoms with Gasteiger partial charge in [0.05, 0.1) is 0 Å². The van der Waals surface area contributed by atoms with Crippen molar-refractivity contribution in [3.05, 3.63) is 157 Å². The SMILES string of the molecule is CC1(C)c2ccccc2Oc2cc(-c3cccc(-c4ccc(-c5cccc6oc7c8ccccc8ccc7c56)cc4)c3)ccc21. The Morgan fingerprint density at radius 1 is 0.467 bits per heavy atom. The van der Waals surface area contributed by atoms with Crippen molar-refractivity contribution in [3.8, 4) is 44.9 Å². The molecule has 1 aliphatic rings. The number of furan rings is 1. The quantitative estimate of drug-likeness (QED) is 0.208. The van der Waals surface area contributed by atoms with Crippen LogP contribution in [0.2, 0.25) is 0 Å². The number of para-hydroxylation sites is 1. The molecule has 214 valence electrons. The summed E-state index contributed by atoms with van der Waals surface area (Å²) in [6.45, 7) is 4.54. The van der Waals surface area contributed by atoms with Gasteiger partial charge >= 0.3 is 0 Å². The molecule has 0 spiro atoms. The Morgan fingerprint density at radius 3 is 2.04 bits per heavy atom. The lowest BCUT2D eigenvalue weighted by Crippen LogP contribution is -2.24. The van der Waals surface area contributed by atoms with Crippen molar-refractivity contribution in [2.24, 2.45) is 0 Å². The van der Waals surface area contributed by atoms with Crippen LogP contribution in [-0.2, 0) is 5.41 Å². The molecule has 2 heteroatoms. The number of fused-ring (bicyclic) bond motifs is 7. The second-order valence-electron chi connectivity index (χ2n) is 12.5. The highest BCUT2D eigenvalue weighted by Crippen LogP contribution is 2.49. The van der Waals surface area contributed by atoms with Crippen LogP contribution >= 0.6 is 0 Å². The van der Waals surface area contributed by atoms with Gasteiger partial charge < -0.3 is 9.15 Å². The van der Waals surface area contributed by atoms with Gasteiger partial charge in [0.1, 0.15) is 22.7 Å². The van der Waals surface area contributed by atoms with E-state index >= 15 is 0 Å². The molecule has 8 aromatic rings. The van der Waals surface area contributed by atoms with Crippen LogP contribution in [0.1, 0.15) is 25.0 Å². The Kier molecular flexibility index (Phi) is 5.58. The Hall–Kier alpha value is -5.60. The van der Waals surface area contributed by atoms with E-state index in [0.29, 0.717) is 0 Å². The van der Waals surface area contributed by atoms with Gasteiger partial charge in [-0.1, -0.05) is 129 Å². The Bertz CT molecular complexity index is 2420. The first-order valence-corrected chi connectivity index (χ1v) is 15.5. The highest BCUT2D eigenvalue weighted by atomic mass is 16.5. The molecule has 0 saturated heterocycles. The van der Waals surface area contributed by atoms with Crippen molar-refractivity contribution in [2.45, 2.75) is 19.3 Å². The third-order valence-electron chi connectivity index (χ3n) is 9.55. The molecule has 45 heavy (non-hydrogen) atoms. The van der Waals surface area contributed by atoms with Crippen molar-refractivity contribution < 1.29 is 9.15 Å². The zero-order valence-corrected chi connectivity index (χ0v) is 25.2.